The highest BCUT2D eigenvalue weighted by Crippen LogP contribution is 2.36. The maximum absolute atomic E-state index is 14.3. The van der Waals surface area contributed by atoms with E-state index in [4.69, 9.17) is 0 Å². The lowest BCUT2D eigenvalue weighted by Crippen LogP contribution is -2.41. The van der Waals surface area contributed by atoms with Gasteiger partial charge >= 0.3 is 0 Å². The Balaban J connectivity index is 1.82. The van der Waals surface area contributed by atoms with Gasteiger partial charge in [-0.15, -0.1) is 0 Å². The monoisotopic (exact) mass is 382 g/mol. The van der Waals surface area contributed by atoms with Crippen molar-refractivity contribution in [3.63, 3.8) is 0 Å². The summed E-state index contributed by atoms with van der Waals surface area (Å²) < 4.78 is 29.0. The van der Waals surface area contributed by atoms with E-state index in [2.05, 4.69) is 10.4 Å². The average molecular weight is 382 g/mol. The first-order valence-corrected chi connectivity index (χ1v) is 8.94. The topological polar surface area (TPSA) is 50.2 Å². The fourth-order valence-electron chi connectivity index (χ4n) is 3.81. The molecule has 1 aromatic heterocycles. The van der Waals surface area contributed by atoms with Crippen molar-refractivity contribution in [2.24, 2.45) is 0 Å². The summed E-state index contributed by atoms with van der Waals surface area (Å²) in [7, 11) is 1.73. The molecule has 0 saturated carbocycles. The van der Waals surface area contributed by atoms with Crippen LogP contribution in [0.1, 0.15) is 39.0 Å². The predicted octanol–water partition coefficient (Wildman–Crippen LogP) is 4.27. The lowest BCUT2D eigenvalue weighted by molar-refractivity contribution is 0.0734. The maximum atomic E-state index is 14.3. The summed E-state index contributed by atoms with van der Waals surface area (Å²) in [6.07, 6.45) is -0.445. The molecule has 1 amide bonds. The number of nitrogens with one attached hydrogen (secondary N) is 1. The highest BCUT2D eigenvalue weighted by Gasteiger charge is 2.34. The van der Waals surface area contributed by atoms with Gasteiger partial charge in [-0.3, -0.25) is 4.79 Å². The van der Waals surface area contributed by atoms with Crippen LogP contribution in [0.25, 0.3) is 5.69 Å². The Bertz CT molecular complexity index is 1110. The Kier molecular flexibility index (Phi) is 4.18. The van der Waals surface area contributed by atoms with Gasteiger partial charge in [-0.05, 0) is 44.5 Å². The zero-order chi connectivity index (χ0) is 20.2. The van der Waals surface area contributed by atoms with Gasteiger partial charge < -0.3 is 10.2 Å². The standard InChI is InChI=1S/C21H20F2N4O/c1-11-6-5-7-16-18(11)21(28)26(4)20(24-16)19-12(2)25-27(13(19)3)17-9-8-14(22)10-15(17)23/h5-10,20,24H,1-4H3. The molecule has 28 heavy (non-hydrogen) atoms. The van der Waals surface area contributed by atoms with Crippen LogP contribution in [0, 0.1) is 32.4 Å². The molecule has 0 saturated heterocycles. The van der Waals surface area contributed by atoms with E-state index in [0.29, 0.717) is 17.0 Å². The number of aromatic nitrogens is 2. The van der Waals surface area contributed by atoms with Crippen LogP contribution in [0.4, 0.5) is 14.5 Å². The third-order valence-corrected chi connectivity index (χ3v) is 5.25. The molecule has 7 heteroatoms. The molecular weight excluding hydrogens is 362 g/mol. The molecule has 0 fully saturated rings. The molecule has 144 valence electrons. The number of hydrogen-bond acceptors (Lipinski definition) is 3. The number of rotatable bonds is 2. The third kappa shape index (κ3) is 2.66. The molecule has 2 aromatic carbocycles. The Labute approximate surface area is 161 Å². The highest BCUT2D eigenvalue weighted by molar-refractivity contribution is 6.03. The number of nitrogens with zero attached hydrogens (tertiary/aromatic N) is 3. The van der Waals surface area contributed by atoms with Gasteiger partial charge in [0, 0.05) is 30.1 Å². The Morgan fingerprint density at radius 3 is 2.57 bits per heavy atom. The van der Waals surface area contributed by atoms with Gasteiger partial charge in [-0.1, -0.05) is 12.1 Å². The van der Waals surface area contributed by atoms with Crippen LogP contribution in [-0.2, 0) is 0 Å². The summed E-state index contributed by atoms with van der Waals surface area (Å²) in [5, 5.41) is 7.86. The van der Waals surface area contributed by atoms with Crippen LogP contribution in [0.2, 0.25) is 0 Å². The smallest absolute Gasteiger partial charge is 0.257 e. The summed E-state index contributed by atoms with van der Waals surface area (Å²) in [5.41, 5.74) is 4.59. The molecule has 1 N–H and O–H groups in total. The average Bonchev–Trinajstić information content (AvgIpc) is 2.92. The zero-order valence-electron chi connectivity index (χ0n) is 16.0. The van der Waals surface area contributed by atoms with Gasteiger partial charge in [0.25, 0.3) is 5.91 Å². The number of carbonyl (C=O) groups is 1. The normalized spacial score (nSPS) is 16.1. The molecule has 1 aliphatic heterocycles. The van der Waals surface area contributed by atoms with E-state index in [9.17, 15) is 13.6 Å². The number of hydrogen-bond donors (Lipinski definition) is 1. The number of benzene rings is 2. The Morgan fingerprint density at radius 2 is 1.86 bits per heavy atom. The van der Waals surface area contributed by atoms with Crippen molar-refractivity contribution in [1.29, 1.82) is 0 Å². The summed E-state index contributed by atoms with van der Waals surface area (Å²) >= 11 is 0. The molecule has 0 aliphatic carbocycles. The fourth-order valence-corrected chi connectivity index (χ4v) is 3.81. The van der Waals surface area contributed by atoms with Crippen LogP contribution in [0.15, 0.2) is 36.4 Å². The SMILES string of the molecule is Cc1cccc2c1C(=O)N(C)C(c1c(C)nn(-c3ccc(F)cc3F)c1C)N2. The minimum atomic E-state index is -0.695. The molecule has 1 atom stereocenters. The molecule has 4 rings (SSSR count). The minimum Gasteiger partial charge on any atom is -0.361 e. The van der Waals surface area contributed by atoms with Crippen molar-refractivity contribution in [2.75, 3.05) is 12.4 Å². The van der Waals surface area contributed by atoms with Crippen LogP contribution >= 0.6 is 0 Å². The maximum Gasteiger partial charge on any atom is 0.257 e. The molecule has 3 aromatic rings. The van der Waals surface area contributed by atoms with Crippen molar-refractivity contribution < 1.29 is 13.6 Å². The Morgan fingerprint density at radius 1 is 1.11 bits per heavy atom. The van der Waals surface area contributed by atoms with Gasteiger partial charge in [0.1, 0.15) is 17.7 Å². The van der Waals surface area contributed by atoms with Crippen LogP contribution in [0.5, 0.6) is 0 Å². The predicted molar refractivity (Wildman–Crippen MR) is 103 cm³/mol. The summed E-state index contributed by atoms with van der Waals surface area (Å²) in [6, 6.07) is 9.05. The van der Waals surface area contributed by atoms with Gasteiger partial charge in [0.05, 0.1) is 11.3 Å². The van der Waals surface area contributed by atoms with E-state index in [1.807, 2.05) is 39.0 Å². The van der Waals surface area contributed by atoms with E-state index < -0.39 is 17.8 Å². The van der Waals surface area contributed by atoms with Gasteiger partial charge in [0.15, 0.2) is 5.82 Å². The Hall–Kier alpha value is -3.22. The second-order valence-electron chi connectivity index (χ2n) is 7.05. The fraction of sp³-hybridized carbons (Fsp3) is 0.238. The first-order valence-electron chi connectivity index (χ1n) is 8.94. The zero-order valence-corrected chi connectivity index (χ0v) is 16.0. The van der Waals surface area contributed by atoms with Crippen molar-refractivity contribution in [3.05, 3.63) is 76.1 Å². The van der Waals surface area contributed by atoms with E-state index >= 15 is 0 Å². The molecular formula is C21H20F2N4O. The lowest BCUT2D eigenvalue weighted by atomic mass is 9.99. The number of aryl methyl sites for hydroxylation is 2. The second-order valence-corrected chi connectivity index (χ2v) is 7.05. The summed E-state index contributed by atoms with van der Waals surface area (Å²) in [4.78, 5) is 14.6. The number of anilines is 1. The van der Waals surface area contributed by atoms with Gasteiger partial charge in [0.2, 0.25) is 0 Å². The van der Waals surface area contributed by atoms with Gasteiger partial charge in [-0.2, -0.15) is 5.10 Å². The summed E-state index contributed by atoms with van der Waals surface area (Å²) in [6.45, 7) is 5.52. The number of carbonyl (C=O) groups excluding carboxylic acids is 1. The molecule has 0 spiro atoms. The second kappa shape index (κ2) is 6.44. The number of halogens is 2. The molecule has 1 aliphatic rings. The quantitative estimate of drug-likeness (QED) is 0.720. The van der Waals surface area contributed by atoms with Crippen molar-refractivity contribution in [3.8, 4) is 5.69 Å². The van der Waals surface area contributed by atoms with Crippen LogP contribution < -0.4 is 5.32 Å². The number of amides is 1. The van der Waals surface area contributed by atoms with Crippen LogP contribution in [0.3, 0.4) is 0 Å². The van der Waals surface area contributed by atoms with Crippen molar-refractivity contribution in [2.45, 2.75) is 26.9 Å². The molecule has 5 nitrogen and oxygen atoms in total. The van der Waals surface area contributed by atoms with Gasteiger partial charge in [-0.25, -0.2) is 13.5 Å². The van der Waals surface area contributed by atoms with Crippen molar-refractivity contribution in [1.82, 2.24) is 14.7 Å². The molecule has 1 unspecified atom stereocenters. The van der Waals surface area contributed by atoms with Crippen LogP contribution in [-0.4, -0.2) is 27.6 Å². The largest absolute Gasteiger partial charge is 0.361 e. The summed E-state index contributed by atoms with van der Waals surface area (Å²) in [5.74, 6) is -1.43. The number of fused-ring (bicyclic) bond motifs is 1. The van der Waals surface area contributed by atoms with Crippen molar-refractivity contribution >= 4 is 11.6 Å². The van der Waals surface area contributed by atoms with E-state index in [1.165, 1.54) is 16.8 Å². The van der Waals surface area contributed by atoms with E-state index in [-0.39, 0.29) is 11.6 Å². The third-order valence-electron chi connectivity index (χ3n) is 5.25. The van der Waals surface area contributed by atoms with E-state index in [1.54, 1.807) is 11.9 Å². The lowest BCUT2D eigenvalue weighted by Gasteiger charge is -2.36. The molecule has 2 heterocycles. The molecule has 0 bridgehead atoms. The first kappa shape index (κ1) is 18.2. The highest BCUT2D eigenvalue weighted by atomic mass is 19.1. The van der Waals surface area contributed by atoms with E-state index in [0.717, 1.165) is 22.9 Å². The minimum absolute atomic E-state index is 0.0867. The molecule has 0 radical (unpaired) electrons. The first-order chi connectivity index (χ1) is 13.3.